The largest absolute Gasteiger partial charge is 0.451 e. The van der Waals surface area contributed by atoms with E-state index >= 15 is 0 Å². The van der Waals surface area contributed by atoms with Crippen LogP contribution in [-0.4, -0.2) is 11.6 Å². The summed E-state index contributed by atoms with van der Waals surface area (Å²) in [7, 11) is 0. The Labute approximate surface area is 91.0 Å². The fourth-order valence-electron chi connectivity index (χ4n) is 2.72. The van der Waals surface area contributed by atoms with Gasteiger partial charge in [-0.3, -0.25) is 0 Å². The zero-order valence-electron chi connectivity index (χ0n) is 9.34. The van der Waals surface area contributed by atoms with Crippen molar-refractivity contribution in [2.45, 2.75) is 51.0 Å². The number of hydrogen-bond acceptors (Lipinski definition) is 2. The van der Waals surface area contributed by atoms with Gasteiger partial charge in [0.1, 0.15) is 5.60 Å². The molecule has 2 rings (SSSR count). The van der Waals surface area contributed by atoms with Gasteiger partial charge in [-0.1, -0.05) is 12.5 Å². The Hall–Kier alpha value is -1.05. The van der Waals surface area contributed by atoms with Crippen LogP contribution < -0.4 is 0 Å². The van der Waals surface area contributed by atoms with Gasteiger partial charge in [0.25, 0.3) is 0 Å². The average Bonchev–Trinajstić information content (AvgIpc) is 2.45. The second-order valence-electron chi connectivity index (χ2n) is 4.54. The summed E-state index contributed by atoms with van der Waals surface area (Å²) >= 11 is 0. The topological polar surface area (TPSA) is 26.3 Å². The van der Waals surface area contributed by atoms with Gasteiger partial charge in [-0.25, -0.2) is 4.79 Å². The molecule has 1 aliphatic carbocycles. The maximum Gasteiger partial charge on any atom is 0.335 e. The van der Waals surface area contributed by atoms with Crippen LogP contribution >= 0.6 is 0 Å². The van der Waals surface area contributed by atoms with Crippen LogP contribution in [0, 0.1) is 0 Å². The standard InChI is InChI=1S/C13H18O2/c1-3-7-11-10(2)13(15-12(11)14)8-5-4-6-9-13/h3H,1,4-9H2,2H3. The average molecular weight is 206 g/mol. The second kappa shape index (κ2) is 3.84. The van der Waals surface area contributed by atoms with Crippen LogP contribution in [0.2, 0.25) is 0 Å². The van der Waals surface area contributed by atoms with E-state index in [0.717, 1.165) is 24.0 Å². The zero-order valence-corrected chi connectivity index (χ0v) is 9.34. The second-order valence-corrected chi connectivity index (χ2v) is 4.54. The Bertz CT molecular complexity index is 319. The van der Waals surface area contributed by atoms with Crippen molar-refractivity contribution in [1.29, 1.82) is 0 Å². The molecule has 0 N–H and O–H groups in total. The molecule has 0 bridgehead atoms. The third kappa shape index (κ3) is 1.62. The first kappa shape index (κ1) is 10.5. The first-order valence-electron chi connectivity index (χ1n) is 5.74. The molecule has 2 aliphatic rings. The van der Waals surface area contributed by atoms with Gasteiger partial charge in [-0.15, -0.1) is 6.58 Å². The highest BCUT2D eigenvalue weighted by molar-refractivity contribution is 5.93. The molecule has 0 aromatic carbocycles. The van der Waals surface area contributed by atoms with E-state index in [9.17, 15) is 4.79 Å². The van der Waals surface area contributed by atoms with Crippen molar-refractivity contribution in [3.63, 3.8) is 0 Å². The minimum atomic E-state index is -0.242. The lowest BCUT2D eigenvalue weighted by Gasteiger charge is -2.33. The molecule has 0 aromatic rings. The fourth-order valence-corrected chi connectivity index (χ4v) is 2.72. The van der Waals surface area contributed by atoms with Crippen molar-refractivity contribution in [3.05, 3.63) is 23.8 Å². The Balaban J connectivity index is 2.29. The zero-order chi connectivity index (χ0) is 10.9. The van der Waals surface area contributed by atoms with Crippen LogP contribution in [0.25, 0.3) is 0 Å². The van der Waals surface area contributed by atoms with E-state index in [0.29, 0.717) is 6.42 Å². The molecule has 1 fully saturated rings. The molecular weight excluding hydrogens is 188 g/mol. The van der Waals surface area contributed by atoms with Crippen LogP contribution in [-0.2, 0) is 9.53 Å². The molecule has 1 spiro atoms. The van der Waals surface area contributed by atoms with Gasteiger partial charge in [0.05, 0.1) is 0 Å². The number of carbonyl (C=O) groups is 1. The lowest BCUT2D eigenvalue weighted by atomic mass is 9.79. The normalized spacial score (nSPS) is 24.5. The van der Waals surface area contributed by atoms with Crippen molar-refractivity contribution in [2.75, 3.05) is 0 Å². The Morgan fingerprint density at radius 1 is 1.40 bits per heavy atom. The summed E-state index contributed by atoms with van der Waals surface area (Å²) < 4.78 is 5.61. The molecule has 0 atom stereocenters. The molecule has 1 heterocycles. The third-order valence-electron chi connectivity index (χ3n) is 3.68. The predicted molar refractivity (Wildman–Crippen MR) is 59.4 cm³/mol. The third-order valence-corrected chi connectivity index (χ3v) is 3.68. The smallest absolute Gasteiger partial charge is 0.335 e. The predicted octanol–water partition coefficient (Wildman–Crippen LogP) is 3.14. The van der Waals surface area contributed by atoms with Crippen molar-refractivity contribution in [2.24, 2.45) is 0 Å². The lowest BCUT2D eigenvalue weighted by Crippen LogP contribution is -2.33. The van der Waals surface area contributed by atoms with E-state index in [-0.39, 0.29) is 11.6 Å². The van der Waals surface area contributed by atoms with Crippen LogP contribution in [0.15, 0.2) is 23.8 Å². The van der Waals surface area contributed by atoms with E-state index in [1.165, 1.54) is 19.3 Å². The quantitative estimate of drug-likeness (QED) is 0.512. The van der Waals surface area contributed by atoms with E-state index in [1.54, 1.807) is 6.08 Å². The number of esters is 1. The highest BCUT2D eigenvalue weighted by Gasteiger charge is 2.45. The number of rotatable bonds is 2. The van der Waals surface area contributed by atoms with Gasteiger partial charge < -0.3 is 4.74 Å². The minimum absolute atomic E-state index is 0.116. The van der Waals surface area contributed by atoms with Crippen LogP contribution in [0.4, 0.5) is 0 Å². The van der Waals surface area contributed by atoms with Gasteiger partial charge in [0, 0.05) is 5.57 Å². The summed E-state index contributed by atoms with van der Waals surface area (Å²) in [6.07, 6.45) is 8.05. The van der Waals surface area contributed by atoms with E-state index in [4.69, 9.17) is 4.74 Å². The summed E-state index contributed by atoms with van der Waals surface area (Å²) in [5.41, 5.74) is 1.76. The van der Waals surface area contributed by atoms with Gasteiger partial charge in [0.2, 0.25) is 0 Å². The van der Waals surface area contributed by atoms with Crippen LogP contribution in [0.1, 0.15) is 45.4 Å². The number of carbonyl (C=O) groups excluding carboxylic acids is 1. The van der Waals surface area contributed by atoms with E-state index in [1.807, 2.05) is 0 Å². The van der Waals surface area contributed by atoms with Gasteiger partial charge in [0.15, 0.2) is 0 Å². The van der Waals surface area contributed by atoms with Crippen molar-refractivity contribution in [1.82, 2.24) is 0 Å². The molecule has 0 unspecified atom stereocenters. The van der Waals surface area contributed by atoms with Crippen molar-refractivity contribution < 1.29 is 9.53 Å². The minimum Gasteiger partial charge on any atom is -0.451 e. The molecule has 0 aromatic heterocycles. The molecule has 0 radical (unpaired) electrons. The molecule has 0 saturated heterocycles. The fraction of sp³-hybridized carbons (Fsp3) is 0.615. The lowest BCUT2D eigenvalue weighted by molar-refractivity contribution is -0.149. The molecule has 2 heteroatoms. The maximum absolute atomic E-state index is 11.7. The molecule has 0 amide bonds. The van der Waals surface area contributed by atoms with Gasteiger partial charge in [-0.05, 0) is 44.6 Å². The number of hydrogen-bond donors (Lipinski definition) is 0. The first-order chi connectivity index (χ1) is 7.19. The summed E-state index contributed by atoms with van der Waals surface area (Å²) in [5.74, 6) is -0.116. The molecule has 1 saturated carbocycles. The SMILES string of the molecule is C=CCC1=C(C)C2(CCCCC2)OC1=O. The van der Waals surface area contributed by atoms with Crippen molar-refractivity contribution in [3.8, 4) is 0 Å². The van der Waals surface area contributed by atoms with Gasteiger partial charge in [-0.2, -0.15) is 0 Å². The molecule has 15 heavy (non-hydrogen) atoms. The summed E-state index contributed by atoms with van der Waals surface area (Å²) in [6, 6.07) is 0. The number of ether oxygens (including phenoxy) is 1. The van der Waals surface area contributed by atoms with Crippen LogP contribution in [0.5, 0.6) is 0 Å². The molecule has 82 valence electrons. The summed E-state index contributed by atoms with van der Waals surface area (Å²) in [6.45, 7) is 5.74. The Kier molecular flexibility index (Phi) is 2.68. The highest BCUT2D eigenvalue weighted by atomic mass is 16.6. The highest BCUT2D eigenvalue weighted by Crippen LogP contribution is 2.44. The Morgan fingerprint density at radius 2 is 2.07 bits per heavy atom. The molecule has 1 aliphatic heterocycles. The van der Waals surface area contributed by atoms with E-state index < -0.39 is 0 Å². The number of allylic oxidation sites excluding steroid dienone is 1. The van der Waals surface area contributed by atoms with Gasteiger partial charge >= 0.3 is 5.97 Å². The monoisotopic (exact) mass is 206 g/mol. The first-order valence-corrected chi connectivity index (χ1v) is 5.74. The molecular formula is C13H18O2. The Morgan fingerprint density at radius 3 is 2.67 bits per heavy atom. The maximum atomic E-state index is 11.7. The summed E-state index contributed by atoms with van der Waals surface area (Å²) in [5, 5.41) is 0. The molecule has 2 nitrogen and oxygen atoms in total. The van der Waals surface area contributed by atoms with Crippen LogP contribution in [0.3, 0.4) is 0 Å². The summed E-state index contributed by atoms with van der Waals surface area (Å²) in [4.78, 5) is 11.7. The van der Waals surface area contributed by atoms with E-state index in [2.05, 4.69) is 13.5 Å². The van der Waals surface area contributed by atoms with Crippen molar-refractivity contribution >= 4 is 5.97 Å².